The molecule has 3 fully saturated rings. The van der Waals surface area contributed by atoms with Crippen LogP contribution in [0, 0.1) is 29.6 Å². The SMILES string of the molecule is C=CCC1/C=C(\C)CC(C)CC(OC)C2OC(O)(C(=O)C(=O)N3CCCCC3C(=O)OC(C(C)=CC3CCC(N(C)c4ccc5c(ccn5CCC)c4)C(OC)C3)C(C)CCC1=O)C(C)CC2OC. The van der Waals surface area contributed by atoms with Gasteiger partial charge in [0.1, 0.15) is 24.0 Å². The first-order chi connectivity index (χ1) is 33.0. The number of aromatic nitrogens is 1. The number of aliphatic hydroxyl groups is 1. The maximum absolute atomic E-state index is 14.6. The molecule has 1 N–H and O–H groups in total. The molecule has 0 spiro atoms. The average Bonchev–Trinajstić information content (AvgIpc) is 3.75. The molecule has 2 bridgehead atoms. The maximum atomic E-state index is 14.6. The van der Waals surface area contributed by atoms with Gasteiger partial charge in [-0.1, -0.05) is 51.5 Å². The van der Waals surface area contributed by atoms with Gasteiger partial charge in [0, 0.05) is 82.5 Å². The van der Waals surface area contributed by atoms with E-state index in [0.29, 0.717) is 44.9 Å². The van der Waals surface area contributed by atoms with Crippen LogP contribution >= 0.6 is 0 Å². The molecule has 1 aromatic heterocycles. The lowest BCUT2D eigenvalue weighted by Crippen LogP contribution is -2.64. The van der Waals surface area contributed by atoms with Crippen LogP contribution in [0.1, 0.15) is 125 Å². The standard InChI is InChI=1S/C56H83N3O10/c1-12-16-42-29-35(3)28-36(4)30-49(66-10)52-50(67-11)32-39(7)56(64,69-52)53(61)54(62)59-26-15-14-17-46(59)55(63)68-51(37(5)18-23-47(42)60)38(6)31-40-19-21-45(48(33-40)65-9)57(8)43-20-22-44-41(34-43)24-27-58(44)25-13-2/h12,20,22,24,27,29,31,34,36-37,39-40,42,45-46,48-52,64H,1,13-19,21,23,25-26,28,30,32-33H2,2-11H3/b35-29+,38-31?. The van der Waals surface area contributed by atoms with Crippen LogP contribution in [0.5, 0.6) is 0 Å². The van der Waals surface area contributed by atoms with Crippen LogP contribution < -0.4 is 4.90 Å². The third-order valence-corrected chi connectivity index (χ3v) is 15.9. The Bertz CT molecular complexity index is 2160. The molecule has 3 aliphatic heterocycles. The molecule has 1 aromatic carbocycles. The first-order valence-corrected chi connectivity index (χ1v) is 25.8. The van der Waals surface area contributed by atoms with E-state index in [1.54, 1.807) is 34.3 Å². The molecule has 2 aromatic rings. The molecule has 1 aliphatic carbocycles. The number of rotatable bonds is 11. The number of aryl methyl sites for hydroxylation is 1. The zero-order valence-electron chi connectivity index (χ0n) is 43.3. The predicted octanol–water partition coefficient (Wildman–Crippen LogP) is 9.18. The summed E-state index contributed by atoms with van der Waals surface area (Å²) in [6.45, 7) is 17.1. The van der Waals surface area contributed by atoms with Crippen molar-refractivity contribution >= 4 is 40.0 Å². The summed E-state index contributed by atoms with van der Waals surface area (Å²) in [5.41, 5.74) is 4.31. The molecule has 0 radical (unpaired) electrons. The van der Waals surface area contributed by atoms with E-state index in [1.165, 1.54) is 15.8 Å². The van der Waals surface area contributed by atoms with Gasteiger partial charge in [0.2, 0.25) is 5.79 Å². The second kappa shape index (κ2) is 24.3. The molecular formula is C56H83N3O10. The Morgan fingerprint density at radius 3 is 2.38 bits per heavy atom. The lowest BCUT2D eigenvalue weighted by molar-refractivity contribution is -0.302. The lowest BCUT2D eigenvalue weighted by Gasteiger charge is -2.47. The molecule has 382 valence electrons. The van der Waals surface area contributed by atoms with E-state index in [1.807, 2.05) is 20.8 Å². The number of hydrogen-bond donors (Lipinski definition) is 1. The summed E-state index contributed by atoms with van der Waals surface area (Å²) in [5.74, 6) is -6.31. The molecule has 4 aliphatic rings. The number of esters is 1. The van der Waals surface area contributed by atoms with Crippen LogP contribution in [-0.4, -0.2) is 121 Å². The van der Waals surface area contributed by atoms with Gasteiger partial charge in [-0.2, -0.15) is 0 Å². The number of benzene rings is 1. The minimum Gasteiger partial charge on any atom is -0.456 e. The Kier molecular flexibility index (Phi) is 19.1. The fourth-order valence-corrected chi connectivity index (χ4v) is 11.9. The van der Waals surface area contributed by atoms with Gasteiger partial charge in [-0.3, -0.25) is 14.4 Å². The first kappa shape index (κ1) is 54.2. The molecule has 13 nitrogen and oxygen atoms in total. The molecule has 13 atom stereocenters. The Hall–Kier alpha value is -4.14. The van der Waals surface area contributed by atoms with Crippen molar-refractivity contribution in [2.45, 2.75) is 180 Å². The average molecular weight is 958 g/mol. The van der Waals surface area contributed by atoms with Crippen molar-refractivity contribution in [1.82, 2.24) is 9.47 Å². The van der Waals surface area contributed by atoms with Crippen LogP contribution in [0.15, 0.2) is 66.4 Å². The summed E-state index contributed by atoms with van der Waals surface area (Å²) in [6, 6.07) is 7.96. The van der Waals surface area contributed by atoms with Crippen molar-refractivity contribution < 1.29 is 48.0 Å². The number of anilines is 1. The number of allylic oxidation sites excluding steroid dienone is 4. The molecule has 6 rings (SSSR count). The van der Waals surface area contributed by atoms with Crippen LogP contribution in [0.4, 0.5) is 5.69 Å². The number of cyclic esters (lactones) is 1. The number of ether oxygens (including phenoxy) is 5. The molecule has 4 heterocycles. The maximum Gasteiger partial charge on any atom is 0.329 e. The zero-order chi connectivity index (χ0) is 50.2. The van der Waals surface area contributed by atoms with Crippen molar-refractivity contribution in [2.75, 3.05) is 39.8 Å². The topological polar surface area (TPSA) is 146 Å². The van der Waals surface area contributed by atoms with Gasteiger partial charge in [0.05, 0.1) is 24.4 Å². The van der Waals surface area contributed by atoms with Gasteiger partial charge < -0.3 is 43.2 Å². The van der Waals surface area contributed by atoms with Crippen molar-refractivity contribution in [1.29, 1.82) is 0 Å². The molecule has 13 heteroatoms. The van der Waals surface area contributed by atoms with Gasteiger partial charge in [0.25, 0.3) is 11.7 Å². The van der Waals surface area contributed by atoms with Gasteiger partial charge in [-0.15, -0.1) is 6.58 Å². The summed E-state index contributed by atoms with van der Waals surface area (Å²) >= 11 is 0. The fourth-order valence-electron chi connectivity index (χ4n) is 11.9. The minimum absolute atomic E-state index is 0.0544. The van der Waals surface area contributed by atoms with Crippen LogP contribution in [0.25, 0.3) is 10.9 Å². The fraction of sp³-hybridized carbons (Fsp3) is 0.679. The molecule has 1 saturated carbocycles. The van der Waals surface area contributed by atoms with E-state index in [9.17, 15) is 24.3 Å². The Morgan fingerprint density at radius 1 is 0.957 bits per heavy atom. The van der Waals surface area contributed by atoms with E-state index in [-0.39, 0.29) is 61.0 Å². The number of piperidine rings is 1. The molecule has 2 saturated heterocycles. The molecule has 1 amide bonds. The smallest absolute Gasteiger partial charge is 0.329 e. The number of amides is 1. The van der Waals surface area contributed by atoms with Crippen molar-refractivity contribution in [3.8, 4) is 0 Å². The zero-order valence-corrected chi connectivity index (χ0v) is 43.3. The van der Waals surface area contributed by atoms with E-state index < -0.39 is 59.8 Å². The lowest BCUT2D eigenvalue weighted by atomic mass is 9.80. The summed E-state index contributed by atoms with van der Waals surface area (Å²) < 4.78 is 33.2. The van der Waals surface area contributed by atoms with E-state index in [2.05, 4.69) is 79.6 Å². The highest BCUT2D eigenvalue weighted by Gasteiger charge is 2.56. The number of nitrogens with zero attached hydrogens (tertiary/aromatic N) is 3. The quantitative estimate of drug-likeness (QED) is 0.131. The van der Waals surface area contributed by atoms with E-state index in [4.69, 9.17) is 23.7 Å². The molecule has 13 unspecified atom stereocenters. The number of carbonyl (C=O) groups is 4. The largest absolute Gasteiger partial charge is 0.456 e. The number of likely N-dealkylation sites (N-methyl/N-ethyl adjacent to an activating group) is 1. The summed E-state index contributed by atoms with van der Waals surface area (Å²) in [6.07, 6.45) is 13.3. The second-order valence-electron chi connectivity index (χ2n) is 21.0. The predicted molar refractivity (Wildman–Crippen MR) is 270 cm³/mol. The highest BCUT2D eigenvalue weighted by atomic mass is 16.7. The Labute approximate surface area is 411 Å². The Balaban J connectivity index is 1.29. The second-order valence-corrected chi connectivity index (χ2v) is 21.0. The summed E-state index contributed by atoms with van der Waals surface area (Å²) in [7, 11) is 7.04. The number of carbonyl (C=O) groups excluding carboxylic acids is 4. The first-order valence-electron chi connectivity index (χ1n) is 25.8. The molecular weight excluding hydrogens is 875 g/mol. The third-order valence-electron chi connectivity index (χ3n) is 15.9. The highest BCUT2D eigenvalue weighted by molar-refractivity contribution is 6.39. The van der Waals surface area contributed by atoms with Crippen molar-refractivity contribution in [2.24, 2.45) is 29.6 Å². The van der Waals surface area contributed by atoms with Crippen molar-refractivity contribution in [3.63, 3.8) is 0 Å². The third kappa shape index (κ3) is 12.5. The number of hydrogen-bond acceptors (Lipinski definition) is 11. The minimum atomic E-state index is -2.48. The Morgan fingerprint density at radius 2 is 1.68 bits per heavy atom. The van der Waals surface area contributed by atoms with Gasteiger partial charge in [0.15, 0.2) is 0 Å². The monoisotopic (exact) mass is 958 g/mol. The van der Waals surface area contributed by atoms with E-state index >= 15 is 0 Å². The number of fused-ring (bicyclic) bond motifs is 4. The summed E-state index contributed by atoms with van der Waals surface area (Å²) in [4.78, 5) is 61.2. The van der Waals surface area contributed by atoms with Gasteiger partial charge >= 0.3 is 5.97 Å². The van der Waals surface area contributed by atoms with E-state index in [0.717, 1.165) is 49.1 Å². The number of Topliss-reactive ketones (excluding diaryl/α,β-unsaturated/α-hetero) is 2. The molecule has 69 heavy (non-hydrogen) atoms. The number of ketones is 2. The summed E-state index contributed by atoms with van der Waals surface area (Å²) in [5, 5.41) is 13.4. The van der Waals surface area contributed by atoms with Gasteiger partial charge in [-0.05, 0) is 138 Å². The van der Waals surface area contributed by atoms with Gasteiger partial charge in [-0.25, -0.2) is 4.79 Å². The van der Waals surface area contributed by atoms with Crippen molar-refractivity contribution in [3.05, 3.63) is 66.4 Å². The normalized spacial score (nSPS) is 34.9. The number of methoxy groups -OCH3 is 3. The van der Waals surface area contributed by atoms with Crippen LogP contribution in [-0.2, 0) is 49.4 Å². The van der Waals surface area contributed by atoms with Crippen LogP contribution in [0.2, 0.25) is 0 Å². The highest BCUT2D eigenvalue weighted by Crippen LogP contribution is 2.40. The van der Waals surface area contributed by atoms with Crippen LogP contribution in [0.3, 0.4) is 0 Å².